The Balaban J connectivity index is 1.61. The number of halogens is 1. The van der Waals surface area contributed by atoms with Crippen LogP contribution >= 0.6 is 11.6 Å². The predicted molar refractivity (Wildman–Crippen MR) is 134 cm³/mol. The number of carbonyl (C=O) groups excluding carboxylic acids is 1. The normalized spacial score (nSPS) is 14.9. The lowest BCUT2D eigenvalue weighted by Crippen LogP contribution is -2.37. The lowest BCUT2D eigenvalue weighted by atomic mass is 10.00. The molecule has 1 aliphatic rings. The molecule has 1 unspecified atom stereocenters. The fourth-order valence-electron chi connectivity index (χ4n) is 4.49. The van der Waals surface area contributed by atoms with Crippen LogP contribution in [-0.4, -0.2) is 15.5 Å². The van der Waals surface area contributed by atoms with Crippen LogP contribution in [0, 0.1) is 6.92 Å². The number of urea groups is 1. The molecule has 4 nitrogen and oxygen atoms in total. The van der Waals surface area contributed by atoms with E-state index in [1.165, 1.54) is 5.56 Å². The lowest BCUT2D eigenvalue weighted by molar-refractivity contribution is 0.194. The molecular formula is C28H26ClN3O. The third-order valence-corrected chi connectivity index (χ3v) is 6.76. The maximum Gasteiger partial charge on any atom is 0.322 e. The summed E-state index contributed by atoms with van der Waals surface area (Å²) < 4.78 is 2.20. The van der Waals surface area contributed by atoms with E-state index >= 15 is 0 Å². The molecule has 1 aromatic heterocycles. The predicted octanol–water partition coefficient (Wildman–Crippen LogP) is 7.14. The number of nitrogens with zero attached hydrogens (tertiary/aromatic N) is 2. The first-order chi connectivity index (χ1) is 16.0. The number of benzene rings is 3. The van der Waals surface area contributed by atoms with Gasteiger partial charge in [0.2, 0.25) is 0 Å². The minimum Gasteiger partial charge on any atom is -0.318 e. The molecule has 2 heterocycles. The number of amides is 2. The Kier molecular flexibility index (Phi) is 5.69. The number of para-hydroxylation sites is 1. The van der Waals surface area contributed by atoms with Gasteiger partial charge in [-0.25, -0.2) is 4.79 Å². The molecule has 1 N–H and O–H groups in total. The van der Waals surface area contributed by atoms with Crippen LogP contribution in [0.2, 0.25) is 5.02 Å². The van der Waals surface area contributed by atoms with Gasteiger partial charge in [0.15, 0.2) is 0 Å². The molecule has 166 valence electrons. The number of aromatic nitrogens is 1. The van der Waals surface area contributed by atoms with Crippen LogP contribution in [0.3, 0.4) is 0 Å². The average Bonchev–Trinajstić information content (AvgIpc) is 3.26. The first kappa shape index (κ1) is 21.4. The van der Waals surface area contributed by atoms with Crippen molar-refractivity contribution < 1.29 is 4.79 Å². The fraction of sp³-hybridized carbons (Fsp3) is 0.179. The second-order valence-corrected chi connectivity index (χ2v) is 8.86. The van der Waals surface area contributed by atoms with Crippen LogP contribution in [0.1, 0.15) is 40.9 Å². The Morgan fingerprint density at radius 2 is 1.82 bits per heavy atom. The molecule has 1 atom stereocenters. The summed E-state index contributed by atoms with van der Waals surface area (Å²) in [4.78, 5) is 15.6. The zero-order chi connectivity index (χ0) is 22.9. The van der Waals surface area contributed by atoms with Crippen LogP contribution in [0.15, 0.2) is 85.1 Å². The standard InChI is InChI=1S/C28H26ClN3O/c1-3-20-11-13-21(14-12-20)27-26-9-6-16-31(26)25-8-5-4-7-22(25)18-32(27)28(33)30-23-15-10-19(2)24(29)17-23/h4-17,27H,3,18H2,1-2H3,(H,30,33). The van der Waals surface area contributed by atoms with Gasteiger partial charge in [0.25, 0.3) is 0 Å². The van der Waals surface area contributed by atoms with Crippen LogP contribution in [0.4, 0.5) is 10.5 Å². The van der Waals surface area contributed by atoms with Gasteiger partial charge in [0.1, 0.15) is 0 Å². The van der Waals surface area contributed by atoms with Crippen molar-refractivity contribution in [1.29, 1.82) is 0 Å². The summed E-state index contributed by atoms with van der Waals surface area (Å²) in [7, 11) is 0. The van der Waals surface area contributed by atoms with Gasteiger partial charge in [-0.1, -0.05) is 67.1 Å². The van der Waals surface area contributed by atoms with E-state index in [0.29, 0.717) is 17.3 Å². The van der Waals surface area contributed by atoms with Crippen LogP contribution in [-0.2, 0) is 13.0 Å². The molecule has 5 rings (SSSR count). The summed E-state index contributed by atoms with van der Waals surface area (Å²) in [5.74, 6) is 0. The van der Waals surface area contributed by atoms with Gasteiger partial charge >= 0.3 is 6.03 Å². The molecule has 0 bridgehead atoms. The number of hydrogen-bond acceptors (Lipinski definition) is 1. The quantitative estimate of drug-likeness (QED) is 0.350. The van der Waals surface area contributed by atoms with E-state index in [1.54, 1.807) is 6.07 Å². The molecule has 33 heavy (non-hydrogen) atoms. The van der Waals surface area contributed by atoms with Crippen molar-refractivity contribution in [3.63, 3.8) is 0 Å². The zero-order valence-electron chi connectivity index (χ0n) is 18.8. The van der Waals surface area contributed by atoms with Crippen molar-refractivity contribution in [2.45, 2.75) is 32.9 Å². The number of aryl methyl sites for hydroxylation is 2. The maximum absolute atomic E-state index is 13.7. The zero-order valence-corrected chi connectivity index (χ0v) is 19.5. The van der Waals surface area contributed by atoms with Gasteiger partial charge in [0, 0.05) is 22.6 Å². The molecule has 0 radical (unpaired) electrons. The van der Waals surface area contributed by atoms with Crippen molar-refractivity contribution in [1.82, 2.24) is 9.47 Å². The van der Waals surface area contributed by atoms with Gasteiger partial charge in [0.05, 0.1) is 18.3 Å². The average molecular weight is 456 g/mol. The minimum atomic E-state index is -0.237. The lowest BCUT2D eigenvalue weighted by Gasteiger charge is -2.31. The maximum atomic E-state index is 13.7. The second-order valence-electron chi connectivity index (χ2n) is 8.45. The minimum absolute atomic E-state index is 0.163. The highest BCUT2D eigenvalue weighted by atomic mass is 35.5. The summed E-state index contributed by atoms with van der Waals surface area (Å²) in [6, 6.07) is 26.2. The molecule has 1 aliphatic heterocycles. The smallest absolute Gasteiger partial charge is 0.318 e. The van der Waals surface area contributed by atoms with Crippen LogP contribution in [0.25, 0.3) is 5.69 Å². The number of carbonyl (C=O) groups is 1. The first-order valence-corrected chi connectivity index (χ1v) is 11.6. The largest absolute Gasteiger partial charge is 0.322 e. The Morgan fingerprint density at radius 3 is 2.58 bits per heavy atom. The highest BCUT2D eigenvalue weighted by Crippen LogP contribution is 2.37. The molecule has 0 fully saturated rings. The van der Waals surface area contributed by atoms with Gasteiger partial charge in [-0.05, 0) is 65.9 Å². The van der Waals surface area contributed by atoms with Crippen molar-refractivity contribution in [2.75, 3.05) is 5.32 Å². The van der Waals surface area contributed by atoms with E-state index in [4.69, 9.17) is 11.6 Å². The van der Waals surface area contributed by atoms with E-state index in [1.807, 2.05) is 42.2 Å². The number of fused-ring (bicyclic) bond motifs is 3. The van der Waals surface area contributed by atoms with Crippen molar-refractivity contribution in [3.05, 3.63) is 118 Å². The third-order valence-electron chi connectivity index (χ3n) is 6.35. The topological polar surface area (TPSA) is 37.3 Å². The van der Waals surface area contributed by atoms with Gasteiger partial charge in [-0.3, -0.25) is 0 Å². The highest BCUT2D eigenvalue weighted by Gasteiger charge is 2.33. The van der Waals surface area contributed by atoms with Crippen molar-refractivity contribution in [2.24, 2.45) is 0 Å². The number of anilines is 1. The third kappa shape index (κ3) is 4.03. The van der Waals surface area contributed by atoms with Gasteiger partial charge in [-0.2, -0.15) is 0 Å². The Bertz CT molecular complexity index is 1310. The van der Waals surface area contributed by atoms with E-state index in [2.05, 4.69) is 65.5 Å². The molecule has 2 amide bonds. The number of rotatable bonds is 3. The first-order valence-electron chi connectivity index (χ1n) is 11.2. The summed E-state index contributed by atoms with van der Waals surface area (Å²) in [5.41, 5.74) is 7.27. The Labute approximate surface area is 199 Å². The fourth-order valence-corrected chi connectivity index (χ4v) is 4.67. The SMILES string of the molecule is CCc1ccc(C2c3cccn3-c3ccccc3CN2C(=O)Nc2ccc(C)c(Cl)c2)cc1. The Morgan fingerprint density at radius 1 is 1.03 bits per heavy atom. The second kappa shape index (κ2) is 8.80. The molecular weight excluding hydrogens is 430 g/mol. The Hall–Kier alpha value is -3.50. The molecule has 0 aliphatic carbocycles. The summed E-state index contributed by atoms with van der Waals surface area (Å²) in [6.07, 6.45) is 3.05. The molecule has 0 spiro atoms. The van der Waals surface area contributed by atoms with E-state index in [-0.39, 0.29) is 12.1 Å². The highest BCUT2D eigenvalue weighted by molar-refractivity contribution is 6.31. The van der Waals surface area contributed by atoms with Crippen molar-refractivity contribution in [3.8, 4) is 5.69 Å². The molecule has 0 saturated heterocycles. The molecule has 3 aromatic carbocycles. The van der Waals surface area contributed by atoms with Crippen LogP contribution in [0.5, 0.6) is 0 Å². The number of nitrogens with one attached hydrogen (secondary N) is 1. The molecule has 4 aromatic rings. The monoisotopic (exact) mass is 455 g/mol. The van der Waals surface area contributed by atoms with E-state index in [0.717, 1.165) is 34.5 Å². The summed E-state index contributed by atoms with van der Waals surface area (Å²) in [6.45, 7) is 4.59. The summed E-state index contributed by atoms with van der Waals surface area (Å²) in [5, 5.41) is 3.71. The van der Waals surface area contributed by atoms with Crippen molar-refractivity contribution >= 4 is 23.3 Å². The van der Waals surface area contributed by atoms with E-state index in [9.17, 15) is 4.79 Å². The summed E-state index contributed by atoms with van der Waals surface area (Å²) >= 11 is 6.31. The molecule has 5 heteroatoms. The van der Waals surface area contributed by atoms with Crippen LogP contribution < -0.4 is 5.32 Å². The number of hydrogen-bond donors (Lipinski definition) is 1. The van der Waals surface area contributed by atoms with E-state index < -0.39 is 0 Å². The molecule has 0 saturated carbocycles. The van der Waals surface area contributed by atoms with Gasteiger partial charge < -0.3 is 14.8 Å². The van der Waals surface area contributed by atoms with Gasteiger partial charge in [-0.15, -0.1) is 0 Å².